The second kappa shape index (κ2) is 9.41. The van der Waals surface area contributed by atoms with Gasteiger partial charge in [-0.1, -0.05) is 13.3 Å². The monoisotopic (exact) mass is 289 g/mol. The van der Waals surface area contributed by atoms with E-state index in [1.54, 1.807) is 12.1 Å². The summed E-state index contributed by atoms with van der Waals surface area (Å²) in [6.45, 7) is 2.66. The molecule has 0 saturated carbocycles. The molecule has 7 heteroatoms. The first-order valence-electron chi connectivity index (χ1n) is 6.00. The Morgan fingerprint density at radius 1 is 1.37 bits per heavy atom. The Bertz CT molecular complexity index is 382. The Kier molecular flexibility index (Phi) is 8.65. The van der Waals surface area contributed by atoms with Crippen LogP contribution in [-0.2, 0) is 4.79 Å². The van der Waals surface area contributed by atoms with E-state index in [2.05, 4.69) is 10.6 Å². The number of nitrogens with one attached hydrogen (secondary N) is 2. The molecule has 6 nitrogen and oxygen atoms in total. The first-order valence-corrected chi connectivity index (χ1v) is 6.00. The van der Waals surface area contributed by atoms with Crippen LogP contribution < -0.4 is 16.4 Å². The Morgan fingerprint density at radius 3 is 2.63 bits per heavy atom. The van der Waals surface area contributed by atoms with E-state index in [-0.39, 0.29) is 30.0 Å². The van der Waals surface area contributed by atoms with E-state index in [9.17, 15) is 9.59 Å². The van der Waals surface area contributed by atoms with Crippen molar-refractivity contribution in [3.63, 3.8) is 0 Å². The highest BCUT2D eigenvalue weighted by molar-refractivity contribution is 5.91. The summed E-state index contributed by atoms with van der Waals surface area (Å²) < 4.78 is 4.92. The van der Waals surface area contributed by atoms with Crippen LogP contribution >= 0.6 is 12.4 Å². The molecule has 108 valence electrons. The maximum Gasteiger partial charge on any atom is 0.287 e. The first-order chi connectivity index (χ1) is 8.65. The van der Waals surface area contributed by atoms with Crippen molar-refractivity contribution in [1.82, 2.24) is 10.6 Å². The third-order valence-electron chi connectivity index (χ3n) is 2.39. The van der Waals surface area contributed by atoms with Crippen LogP contribution in [0.15, 0.2) is 22.8 Å². The van der Waals surface area contributed by atoms with Gasteiger partial charge in [0.1, 0.15) is 0 Å². The third kappa shape index (κ3) is 6.26. The fraction of sp³-hybridized carbons (Fsp3) is 0.500. The molecule has 1 atom stereocenters. The molecule has 0 aliphatic rings. The summed E-state index contributed by atoms with van der Waals surface area (Å²) >= 11 is 0. The lowest BCUT2D eigenvalue weighted by Crippen LogP contribution is -2.43. The van der Waals surface area contributed by atoms with Crippen LogP contribution in [0, 0.1) is 0 Å². The zero-order chi connectivity index (χ0) is 13.4. The van der Waals surface area contributed by atoms with E-state index >= 15 is 0 Å². The Labute approximate surface area is 118 Å². The quantitative estimate of drug-likeness (QED) is 0.643. The van der Waals surface area contributed by atoms with E-state index in [0.29, 0.717) is 19.5 Å². The van der Waals surface area contributed by atoms with Gasteiger partial charge < -0.3 is 20.8 Å². The SMILES string of the molecule is CCCC(N)C(=O)NCCNC(=O)c1ccco1.Cl. The highest BCUT2D eigenvalue weighted by atomic mass is 35.5. The number of hydrogen-bond acceptors (Lipinski definition) is 4. The zero-order valence-electron chi connectivity index (χ0n) is 10.8. The normalized spacial score (nSPS) is 11.3. The van der Waals surface area contributed by atoms with Crippen molar-refractivity contribution < 1.29 is 14.0 Å². The minimum atomic E-state index is -0.476. The predicted octanol–water partition coefficient (Wildman–Crippen LogP) is 0.675. The van der Waals surface area contributed by atoms with E-state index < -0.39 is 6.04 Å². The lowest BCUT2D eigenvalue weighted by atomic mass is 10.2. The summed E-state index contributed by atoms with van der Waals surface area (Å²) in [6, 6.07) is 2.74. The molecular formula is C12H20ClN3O3. The van der Waals surface area contributed by atoms with Crippen LogP contribution in [0.3, 0.4) is 0 Å². The van der Waals surface area contributed by atoms with Gasteiger partial charge in [0.15, 0.2) is 5.76 Å². The number of hydrogen-bond donors (Lipinski definition) is 3. The molecular weight excluding hydrogens is 270 g/mol. The predicted molar refractivity (Wildman–Crippen MR) is 74.2 cm³/mol. The number of amides is 2. The van der Waals surface area contributed by atoms with Gasteiger partial charge in [0.2, 0.25) is 5.91 Å². The third-order valence-corrected chi connectivity index (χ3v) is 2.39. The molecule has 1 unspecified atom stereocenters. The summed E-state index contributed by atoms with van der Waals surface area (Å²) in [4.78, 5) is 22.9. The molecule has 0 aliphatic carbocycles. The van der Waals surface area contributed by atoms with Gasteiger partial charge in [-0.05, 0) is 18.6 Å². The molecule has 0 aromatic carbocycles. The smallest absolute Gasteiger partial charge is 0.287 e. The highest BCUT2D eigenvalue weighted by Crippen LogP contribution is 1.98. The number of nitrogens with two attached hydrogens (primary N) is 1. The molecule has 1 rings (SSSR count). The lowest BCUT2D eigenvalue weighted by molar-refractivity contribution is -0.122. The molecule has 1 aromatic heterocycles. The van der Waals surface area contributed by atoms with Gasteiger partial charge in [0.25, 0.3) is 5.91 Å². The molecule has 0 fully saturated rings. The van der Waals surface area contributed by atoms with E-state index in [1.807, 2.05) is 6.92 Å². The molecule has 19 heavy (non-hydrogen) atoms. The van der Waals surface area contributed by atoms with Gasteiger partial charge in [-0.25, -0.2) is 0 Å². The average Bonchev–Trinajstić information content (AvgIpc) is 2.88. The number of halogens is 1. The molecule has 1 heterocycles. The maximum absolute atomic E-state index is 11.4. The second-order valence-electron chi connectivity index (χ2n) is 3.92. The topological polar surface area (TPSA) is 97.4 Å². The number of carbonyl (C=O) groups excluding carboxylic acids is 2. The van der Waals surface area contributed by atoms with Crippen molar-refractivity contribution in [3.8, 4) is 0 Å². The standard InChI is InChI=1S/C12H19N3O3.ClH/c1-2-4-9(13)11(16)14-6-7-15-12(17)10-5-3-8-18-10;/h3,5,8-9H,2,4,6-7,13H2,1H3,(H,14,16)(H,15,17);1H. The molecule has 1 aromatic rings. The summed E-state index contributed by atoms with van der Waals surface area (Å²) in [7, 11) is 0. The lowest BCUT2D eigenvalue weighted by Gasteiger charge is -2.11. The second-order valence-corrected chi connectivity index (χ2v) is 3.92. The van der Waals surface area contributed by atoms with E-state index in [0.717, 1.165) is 6.42 Å². The molecule has 0 saturated heterocycles. The maximum atomic E-state index is 11.4. The van der Waals surface area contributed by atoms with Crippen LogP contribution in [0.25, 0.3) is 0 Å². The Hall–Kier alpha value is -1.53. The molecule has 4 N–H and O–H groups in total. The van der Waals surface area contributed by atoms with Gasteiger partial charge in [-0.2, -0.15) is 0 Å². The minimum Gasteiger partial charge on any atom is -0.459 e. The number of carbonyl (C=O) groups is 2. The molecule has 0 aliphatic heterocycles. The van der Waals surface area contributed by atoms with Crippen molar-refractivity contribution in [3.05, 3.63) is 24.2 Å². The van der Waals surface area contributed by atoms with Crippen molar-refractivity contribution in [2.45, 2.75) is 25.8 Å². The fourth-order valence-corrected chi connectivity index (χ4v) is 1.43. The van der Waals surface area contributed by atoms with Gasteiger partial charge in [0, 0.05) is 13.1 Å². The van der Waals surface area contributed by atoms with Gasteiger partial charge in [0.05, 0.1) is 12.3 Å². The van der Waals surface area contributed by atoms with Crippen molar-refractivity contribution >= 4 is 24.2 Å². The molecule has 0 spiro atoms. The average molecular weight is 290 g/mol. The van der Waals surface area contributed by atoms with Crippen molar-refractivity contribution in [1.29, 1.82) is 0 Å². The number of rotatable bonds is 7. The van der Waals surface area contributed by atoms with E-state index in [1.165, 1.54) is 6.26 Å². The first kappa shape index (κ1) is 17.5. The van der Waals surface area contributed by atoms with E-state index in [4.69, 9.17) is 10.2 Å². The largest absolute Gasteiger partial charge is 0.459 e. The van der Waals surface area contributed by atoms with Crippen LogP contribution in [0.4, 0.5) is 0 Å². The number of furan rings is 1. The van der Waals surface area contributed by atoms with Crippen LogP contribution in [0.2, 0.25) is 0 Å². The van der Waals surface area contributed by atoms with Crippen molar-refractivity contribution in [2.75, 3.05) is 13.1 Å². The summed E-state index contributed by atoms with van der Waals surface area (Å²) in [6.07, 6.45) is 2.95. The Morgan fingerprint density at radius 2 is 2.05 bits per heavy atom. The summed E-state index contributed by atoms with van der Waals surface area (Å²) in [5.74, 6) is -0.236. The van der Waals surface area contributed by atoms with Gasteiger partial charge in [-0.3, -0.25) is 9.59 Å². The van der Waals surface area contributed by atoms with Crippen LogP contribution in [0.5, 0.6) is 0 Å². The fourth-order valence-electron chi connectivity index (χ4n) is 1.43. The molecule has 2 amide bonds. The molecule has 0 bridgehead atoms. The minimum absolute atomic E-state index is 0. The van der Waals surface area contributed by atoms with Crippen LogP contribution in [-0.4, -0.2) is 30.9 Å². The molecule has 0 radical (unpaired) electrons. The zero-order valence-corrected chi connectivity index (χ0v) is 11.7. The van der Waals surface area contributed by atoms with Crippen molar-refractivity contribution in [2.24, 2.45) is 5.73 Å². The van der Waals surface area contributed by atoms with Gasteiger partial charge >= 0.3 is 0 Å². The Balaban J connectivity index is 0.00000324. The van der Waals surface area contributed by atoms with Gasteiger partial charge in [-0.15, -0.1) is 12.4 Å². The summed E-state index contributed by atoms with van der Waals surface area (Å²) in [5.41, 5.74) is 5.63. The highest BCUT2D eigenvalue weighted by Gasteiger charge is 2.11. The van der Waals surface area contributed by atoms with Crippen LogP contribution in [0.1, 0.15) is 30.3 Å². The summed E-state index contributed by atoms with van der Waals surface area (Å²) in [5, 5.41) is 5.28.